The lowest BCUT2D eigenvalue weighted by Crippen LogP contribution is -2.39. The fourth-order valence-corrected chi connectivity index (χ4v) is 2.66. The number of carboxylic acid groups (broad SMARTS) is 2. The Morgan fingerprint density at radius 1 is 1.05 bits per heavy atom. The van der Waals surface area contributed by atoms with E-state index in [0.29, 0.717) is 9.99 Å². The molecule has 9 heteroatoms. The monoisotopic (exact) mass is 288 g/mol. The summed E-state index contributed by atoms with van der Waals surface area (Å²) >= 11 is 0. The predicted octanol–water partition coefficient (Wildman–Crippen LogP) is -0.571. The molecule has 0 aliphatic heterocycles. The third-order valence-electron chi connectivity index (χ3n) is 2.14. The molecule has 0 radical (unpaired) electrons. The molecule has 0 fully saturated rings. The summed E-state index contributed by atoms with van der Waals surface area (Å²) in [5, 5.41) is 17.3. The maximum Gasteiger partial charge on any atom is 0.318 e. The number of hydrogen-bond donors (Lipinski definition) is 3. The SMILES string of the molecule is Nc1ccc(S(=O)(=O)N(CC(=O)O)CC(=O)O)cc1. The molecule has 0 bridgehead atoms. The van der Waals surface area contributed by atoms with Crippen molar-refractivity contribution in [2.24, 2.45) is 0 Å². The van der Waals surface area contributed by atoms with Gasteiger partial charge in [-0.05, 0) is 24.3 Å². The largest absolute Gasteiger partial charge is 0.480 e. The normalized spacial score (nSPS) is 11.4. The smallest absolute Gasteiger partial charge is 0.318 e. The van der Waals surface area contributed by atoms with E-state index in [2.05, 4.69) is 0 Å². The molecular formula is C10H12N2O6S. The molecule has 0 heterocycles. The van der Waals surface area contributed by atoms with Crippen LogP contribution in [0.5, 0.6) is 0 Å². The van der Waals surface area contributed by atoms with E-state index in [9.17, 15) is 18.0 Å². The van der Waals surface area contributed by atoms with Crippen molar-refractivity contribution in [2.75, 3.05) is 18.8 Å². The molecule has 0 saturated carbocycles. The fourth-order valence-electron chi connectivity index (χ4n) is 1.32. The van der Waals surface area contributed by atoms with Crippen LogP contribution in [0.2, 0.25) is 0 Å². The number of carbonyl (C=O) groups is 2. The zero-order chi connectivity index (χ0) is 14.6. The van der Waals surface area contributed by atoms with Gasteiger partial charge in [0, 0.05) is 5.69 Å². The average molecular weight is 288 g/mol. The maximum absolute atomic E-state index is 12.1. The van der Waals surface area contributed by atoms with Crippen LogP contribution >= 0.6 is 0 Å². The molecule has 0 unspecified atom stereocenters. The molecule has 0 amide bonds. The van der Waals surface area contributed by atoms with Gasteiger partial charge in [-0.1, -0.05) is 0 Å². The Balaban J connectivity index is 3.14. The first-order valence-corrected chi connectivity index (χ1v) is 6.47. The predicted molar refractivity (Wildman–Crippen MR) is 64.9 cm³/mol. The van der Waals surface area contributed by atoms with E-state index < -0.39 is 35.1 Å². The summed E-state index contributed by atoms with van der Waals surface area (Å²) in [7, 11) is -4.19. The molecule has 0 spiro atoms. The molecule has 0 aliphatic carbocycles. The van der Waals surface area contributed by atoms with E-state index in [4.69, 9.17) is 15.9 Å². The van der Waals surface area contributed by atoms with Crippen molar-refractivity contribution in [3.05, 3.63) is 24.3 Å². The van der Waals surface area contributed by atoms with Crippen molar-refractivity contribution in [2.45, 2.75) is 4.90 Å². The van der Waals surface area contributed by atoms with Crippen molar-refractivity contribution in [3.8, 4) is 0 Å². The first-order valence-electron chi connectivity index (χ1n) is 5.03. The molecule has 8 nitrogen and oxygen atoms in total. The van der Waals surface area contributed by atoms with Gasteiger partial charge in [-0.25, -0.2) is 8.42 Å². The summed E-state index contributed by atoms with van der Waals surface area (Å²) in [6, 6.07) is 5.02. The van der Waals surface area contributed by atoms with Crippen LogP contribution in [0.25, 0.3) is 0 Å². The third kappa shape index (κ3) is 3.93. The Morgan fingerprint density at radius 2 is 1.47 bits per heavy atom. The van der Waals surface area contributed by atoms with Crippen LogP contribution < -0.4 is 5.73 Å². The zero-order valence-electron chi connectivity index (χ0n) is 9.68. The number of hydrogen-bond acceptors (Lipinski definition) is 5. The van der Waals surface area contributed by atoms with E-state index >= 15 is 0 Å². The zero-order valence-corrected chi connectivity index (χ0v) is 10.5. The summed E-state index contributed by atoms with van der Waals surface area (Å²) in [4.78, 5) is 21.0. The second-order valence-electron chi connectivity index (χ2n) is 3.63. The fraction of sp³-hybridized carbons (Fsp3) is 0.200. The number of anilines is 1. The molecule has 0 saturated heterocycles. The molecule has 0 aromatic heterocycles. The Labute approximate surface area is 109 Å². The Bertz CT molecular complexity index is 565. The van der Waals surface area contributed by atoms with Crippen molar-refractivity contribution in [1.82, 2.24) is 4.31 Å². The molecule has 0 atom stereocenters. The van der Waals surface area contributed by atoms with Gasteiger partial charge >= 0.3 is 11.9 Å². The highest BCUT2D eigenvalue weighted by Gasteiger charge is 2.28. The van der Waals surface area contributed by atoms with Gasteiger partial charge in [0.05, 0.1) is 4.90 Å². The van der Waals surface area contributed by atoms with Crippen LogP contribution in [0.1, 0.15) is 0 Å². The molecule has 1 rings (SSSR count). The van der Waals surface area contributed by atoms with Crippen LogP contribution in [-0.4, -0.2) is 48.0 Å². The van der Waals surface area contributed by atoms with Gasteiger partial charge in [0.25, 0.3) is 0 Å². The van der Waals surface area contributed by atoms with E-state index in [1.54, 1.807) is 0 Å². The summed E-state index contributed by atoms with van der Waals surface area (Å²) in [5.41, 5.74) is 5.75. The Kier molecular flexibility index (Phi) is 4.46. The number of nitrogens with zero attached hydrogens (tertiary/aromatic N) is 1. The van der Waals surface area contributed by atoms with Gasteiger partial charge in [0.15, 0.2) is 0 Å². The number of aliphatic carboxylic acids is 2. The van der Waals surface area contributed by atoms with Gasteiger partial charge in [0.1, 0.15) is 13.1 Å². The van der Waals surface area contributed by atoms with Crippen LogP contribution in [0, 0.1) is 0 Å². The minimum absolute atomic E-state index is 0.218. The first kappa shape index (κ1) is 14.9. The molecule has 4 N–H and O–H groups in total. The number of nitrogen functional groups attached to an aromatic ring is 1. The van der Waals surface area contributed by atoms with Gasteiger partial charge in [-0.2, -0.15) is 4.31 Å². The van der Waals surface area contributed by atoms with Crippen LogP contribution in [0.4, 0.5) is 5.69 Å². The van der Waals surface area contributed by atoms with Crippen molar-refractivity contribution in [1.29, 1.82) is 0 Å². The van der Waals surface area contributed by atoms with Crippen molar-refractivity contribution < 1.29 is 28.2 Å². The van der Waals surface area contributed by atoms with E-state index in [-0.39, 0.29) is 4.90 Å². The number of sulfonamides is 1. The molecule has 19 heavy (non-hydrogen) atoms. The lowest BCUT2D eigenvalue weighted by Gasteiger charge is -2.18. The molecule has 1 aromatic rings. The van der Waals surface area contributed by atoms with Crippen LogP contribution in [-0.2, 0) is 19.6 Å². The molecule has 104 valence electrons. The standard InChI is InChI=1S/C10H12N2O6S/c11-7-1-3-8(4-2-7)19(17,18)12(5-9(13)14)6-10(15)16/h1-4H,5-6,11H2,(H,13,14)(H,15,16). The maximum atomic E-state index is 12.1. The average Bonchev–Trinajstić information content (AvgIpc) is 2.27. The van der Waals surface area contributed by atoms with Crippen molar-refractivity contribution >= 4 is 27.6 Å². The lowest BCUT2D eigenvalue weighted by molar-refractivity contribution is -0.139. The summed E-state index contributed by atoms with van der Waals surface area (Å²) in [6.45, 7) is -1.86. The number of benzene rings is 1. The second-order valence-corrected chi connectivity index (χ2v) is 5.57. The van der Waals surface area contributed by atoms with Gasteiger partial charge in [-0.15, -0.1) is 0 Å². The highest BCUT2D eigenvalue weighted by Crippen LogP contribution is 2.16. The van der Waals surface area contributed by atoms with Gasteiger partial charge in [0.2, 0.25) is 10.0 Å². The van der Waals surface area contributed by atoms with E-state index in [0.717, 1.165) is 0 Å². The third-order valence-corrected chi connectivity index (χ3v) is 3.95. The van der Waals surface area contributed by atoms with Gasteiger partial charge < -0.3 is 15.9 Å². The van der Waals surface area contributed by atoms with E-state index in [1.165, 1.54) is 24.3 Å². The highest BCUT2D eigenvalue weighted by molar-refractivity contribution is 7.89. The van der Waals surface area contributed by atoms with Crippen LogP contribution in [0.3, 0.4) is 0 Å². The second kappa shape index (κ2) is 5.67. The number of nitrogens with two attached hydrogens (primary N) is 1. The quantitative estimate of drug-likeness (QED) is 0.596. The van der Waals surface area contributed by atoms with Crippen LogP contribution in [0.15, 0.2) is 29.2 Å². The van der Waals surface area contributed by atoms with E-state index in [1.807, 2.05) is 0 Å². The molecule has 1 aromatic carbocycles. The summed E-state index contributed by atoms with van der Waals surface area (Å²) in [6.07, 6.45) is 0. The lowest BCUT2D eigenvalue weighted by atomic mass is 10.3. The molecule has 0 aliphatic rings. The first-order chi connectivity index (χ1) is 8.73. The van der Waals surface area contributed by atoms with Gasteiger partial charge in [-0.3, -0.25) is 9.59 Å². The number of carboxylic acids is 2. The summed E-state index contributed by atoms with van der Waals surface area (Å²) < 4.78 is 24.5. The van der Waals surface area contributed by atoms with Crippen molar-refractivity contribution in [3.63, 3.8) is 0 Å². The minimum atomic E-state index is -4.19. The minimum Gasteiger partial charge on any atom is -0.480 e. The molecular weight excluding hydrogens is 276 g/mol. The Morgan fingerprint density at radius 3 is 1.84 bits per heavy atom. The topological polar surface area (TPSA) is 138 Å². The number of rotatable bonds is 6. The Hall–Kier alpha value is -2.13. The summed E-state index contributed by atoms with van der Waals surface area (Å²) in [5.74, 6) is -2.89. The highest BCUT2D eigenvalue weighted by atomic mass is 32.2.